The second-order valence-corrected chi connectivity index (χ2v) is 9.35. The molecule has 1 fully saturated rings. The van der Waals surface area contributed by atoms with Crippen molar-refractivity contribution in [2.75, 3.05) is 19.6 Å². The first-order chi connectivity index (χ1) is 13.8. The Balaban J connectivity index is 1.57. The maximum absolute atomic E-state index is 11.3. The van der Waals surface area contributed by atoms with Crippen molar-refractivity contribution in [3.8, 4) is 0 Å². The topological polar surface area (TPSA) is 96.6 Å². The molecular weight excluding hydrogens is 408 g/mol. The number of halogens is 1. The molecule has 0 atom stereocenters. The van der Waals surface area contributed by atoms with Crippen LogP contribution in [0.3, 0.4) is 0 Å². The zero-order chi connectivity index (χ0) is 20.9. The van der Waals surface area contributed by atoms with E-state index in [-0.39, 0.29) is 10.3 Å². The first-order valence-corrected chi connectivity index (χ1v) is 11.6. The van der Waals surface area contributed by atoms with Crippen LogP contribution in [0.25, 0.3) is 0 Å². The summed E-state index contributed by atoms with van der Waals surface area (Å²) in [5.74, 6) is 0.780. The molecule has 1 aliphatic rings. The van der Waals surface area contributed by atoms with Gasteiger partial charge in [-0.1, -0.05) is 35.9 Å². The molecule has 0 bridgehead atoms. The zero-order valence-corrected chi connectivity index (χ0v) is 18.1. The van der Waals surface area contributed by atoms with E-state index in [1.54, 1.807) is 12.1 Å². The minimum atomic E-state index is -3.65. The molecule has 0 spiro atoms. The Bertz CT molecular complexity index is 970. The van der Waals surface area contributed by atoms with Gasteiger partial charge in [-0.25, -0.2) is 13.6 Å². The van der Waals surface area contributed by atoms with Crippen molar-refractivity contribution in [2.24, 2.45) is 10.1 Å². The number of nitrogens with two attached hydrogens (primary N) is 1. The smallest absolute Gasteiger partial charge is 0.238 e. The third kappa shape index (κ3) is 5.95. The van der Waals surface area contributed by atoms with Crippen molar-refractivity contribution in [2.45, 2.75) is 36.5 Å². The molecule has 0 amide bonds. The van der Waals surface area contributed by atoms with Crippen LogP contribution in [0, 0.1) is 0 Å². The molecule has 0 heterocycles. The highest BCUT2D eigenvalue weighted by molar-refractivity contribution is 7.89. The Morgan fingerprint density at radius 1 is 1.17 bits per heavy atom. The molecular formula is C21H27ClN4O2S. The number of nitrogens with zero attached hydrogens (tertiary/aromatic N) is 1. The largest absolute Gasteiger partial charge is 0.357 e. The lowest BCUT2D eigenvalue weighted by Gasteiger charge is -2.16. The maximum Gasteiger partial charge on any atom is 0.238 e. The van der Waals surface area contributed by atoms with Gasteiger partial charge in [0, 0.05) is 23.5 Å². The van der Waals surface area contributed by atoms with E-state index in [0.717, 1.165) is 42.4 Å². The molecule has 0 unspecified atom stereocenters. The van der Waals surface area contributed by atoms with Gasteiger partial charge in [0.05, 0.1) is 11.4 Å². The van der Waals surface area contributed by atoms with Crippen molar-refractivity contribution in [3.05, 3.63) is 64.7 Å². The molecule has 2 aromatic rings. The molecule has 1 aliphatic carbocycles. The summed E-state index contributed by atoms with van der Waals surface area (Å²) in [5.41, 5.74) is 2.37. The molecule has 0 aromatic heterocycles. The van der Waals surface area contributed by atoms with Gasteiger partial charge in [-0.15, -0.1) is 0 Å². The second-order valence-electron chi connectivity index (χ2n) is 7.35. The highest BCUT2D eigenvalue weighted by Gasteiger charge is 2.44. The minimum absolute atomic E-state index is 0.0940. The Morgan fingerprint density at radius 3 is 2.48 bits per heavy atom. The van der Waals surface area contributed by atoms with Crippen LogP contribution in [-0.4, -0.2) is 34.0 Å². The first kappa shape index (κ1) is 21.6. The SMILES string of the molecule is CCNC(=NCC1(c2cccc(Cl)c2)CC1)NCCc1ccc(S(N)(=O)=O)cc1. The van der Waals surface area contributed by atoms with Gasteiger partial charge in [-0.3, -0.25) is 4.99 Å². The number of nitrogens with one attached hydrogen (secondary N) is 2. The van der Waals surface area contributed by atoms with Crippen LogP contribution in [0.2, 0.25) is 5.02 Å². The van der Waals surface area contributed by atoms with E-state index >= 15 is 0 Å². The third-order valence-electron chi connectivity index (χ3n) is 5.13. The van der Waals surface area contributed by atoms with Crippen molar-refractivity contribution >= 4 is 27.6 Å². The quantitative estimate of drug-likeness (QED) is 0.439. The number of benzene rings is 2. The van der Waals surface area contributed by atoms with E-state index in [2.05, 4.69) is 16.7 Å². The standard InChI is InChI=1S/C21H27ClN4O2S/c1-2-24-20(25-13-10-16-6-8-19(9-7-16)29(23,27)28)26-15-21(11-12-21)17-4-3-5-18(22)14-17/h3-9,14H,2,10-13,15H2,1H3,(H2,23,27,28)(H2,24,25,26). The monoisotopic (exact) mass is 434 g/mol. The summed E-state index contributed by atoms with van der Waals surface area (Å²) in [6.45, 7) is 4.21. The number of hydrogen-bond donors (Lipinski definition) is 3. The third-order valence-corrected chi connectivity index (χ3v) is 6.30. The summed E-state index contributed by atoms with van der Waals surface area (Å²) in [4.78, 5) is 4.91. The lowest BCUT2D eigenvalue weighted by molar-refractivity contribution is 0.598. The van der Waals surface area contributed by atoms with E-state index < -0.39 is 10.0 Å². The van der Waals surface area contributed by atoms with Crippen LogP contribution < -0.4 is 15.8 Å². The van der Waals surface area contributed by atoms with Gasteiger partial charge in [0.1, 0.15) is 0 Å². The van der Waals surface area contributed by atoms with Gasteiger partial charge >= 0.3 is 0 Å². The molecule has 0 aliphatic heterocycles. The van der Waals surface area contributed by atoms with Crippen molar-refractivity contribution in [3.63, 3.8) is 0 Å². The number of aliphatic imine (C=N–C) groups is 1. The fourth-order valence-corrected chi connectivity index (χ4v) is 3.96. The Labute approximate surface area is 177 Å². The highest BCUT2D eigenvalue weighted by Crippen LogP contribution is 2.48. The maximum atomic E-state index is 11.3. The Morgan fingerprint density at radius 2 is 1.90 bits per heavy atom. The van der Waals surface area contributed by atoms with Crippen LogP contribution >= 0.6 is 11.6 Å². The summed E-state index contributed by atoms with van der Waals surface area (Å²) in [7, 11) is -3.65. The van der Waals surface area contributed by atoms with Crippen LogP contribution in [0.15, 0.2) is 58.4 Å². The molecule has 3 rings (SSSR count). The average Bonchev–Trinajstić information content (AvgIpc) is 3.47. The summed E-state index contributed by atoms with van der Waals surface area (Å²) in [5, 5.41) is 12.5. The molecule has 6 nitrogen and oxygen atoms in total. The van der Waals surface area contributed by atoms with E-state index in [4.69, 9.17) is 21.7 Å². The average molecular weight is 435 g/mol. The van der Waals surface area contributed by atoms with E-state index in [0.29, 0.717) is 13.1 Å². The molecule has 0 radical (unpaired) electrons. The van der Waals surface area contributed by atoms with Crippen LogP contribution in [0.4, 0.5) is 0 Å². The van der Waals surface area contributed by atoms with E-state index in [1.807, 2.05) is 25.1 Å². The molecule has 0 saturated heterocycles. The first-order valence-electron chi connectivity index (χ1n) is 9.72. The minimum Gasteiger partial charge on any atom is -0.357 e. The number of rotatable bonds is 8. The van der Waals surface area contributed by atoms with Gasteiger partial charge in [0.25, 0.3) is 0 Å². The Kier molecular flexibility index (Phi) is 6.82. The van der Waals surface area contributed by atoms with E-state index in [9.17, 15) is 8.42 Å². The normalized spacial score (nSPS) is 15.8. The predicted molar refractivity (Wildman–Crippen MR) is 118 cm³/mol. The van der Waals surface area contributed by atoms with Gasteiger partial charge in [-0.05, 0) is 61.6 Å². The van der Waals surface area contributed by atoms with Gasteiger partial charge < -0.3 is 10.6 Å². The lowest BCUT2D eigenvalue weighted by atomic mass is 9.96. The molecule has 8 heteroatoms. The van der Waals surface area contributed by atoms with Crippen molar-refractivity contribution in [1.29, 1.82) is 0 Å². The van der Waals surface area contributed by atoms with Crippen molar-refractivity contribution in [1.82, 2.24) is 10.6 Å². The predicted octanol–water partition coefficient (Wildman–Crippen LogP) is 2.82. The van der Waals surface area contributed by atoms with Crippen LogP contribution in [-0.2, 0) is 21.9 Å². The number of sulfonamides is 1. The number of primary sulfonamides is 1. The van der Waals surface area contributed by atoms with Crippen LogP contribution in [0.5, 0.6) is 0 Å². The Hall–Kier alpha value is -2.09. The number of hydrogen-bond acceptors (Lipinski definition) is 3. The number of guanidine groups is 1. The summed E-state index contributed by atoms with van der Waals surface area (Å²) in [6.07, 6.45) is 2.98. The molecule has 156 valence electrons. The summed E-state index contributed by atoms with van der Waals surface area (Å²) < 4.78 is 22.7. The summed E-state index contributed by atoms with van der Waals surface area (Å²) in [6, 6.07) is 14.7. The van der Waals surface area contributed by atoms with Crippen LogP contribution in [0.1, 0.15) is 30.9 Å². The van der Waals surface area contributed by atoms with Gasteiger partial charge in [0.2, 0.25) is 10.0 Å². The fourth-order valence-electron chi connectivity index (χ4n) is 3.25. The van der Waals surface area contributed by atoms with Gasteiger partial charge in [-0.2, -0.15) is 0 Å². The molecule has 1 saturated carbocycles. The van der Waals surface area contributed by atoms with E-state index in [1.165, 1.54) is 17.7 Å². The lowest BCUT2D eigenvalue weighted by Crippen LogP contribution is -2.39. The van der Waals surface area contributed by atoms with Gasteiger partial charge in [0.15, 0.2) is 5.96 Å². The molecule has 4 N–H and O–H groups in total. The highest BCUT2D eigenvalue weighted by atomic mass is 35.5. The second kappa shape index (κ2) is 9.15. The van der Waals surface area contributed by atoms with Crippen molar-refractivity contribution < 1.29 is 8.42 Å². The fraction of sp³-hybridized carbons (Fsp3) is 0.381. The molecule has 29 heavy (non-hydrogen) atoms. The summed E-state index contributed by atoms with van der Waals surface area (Å²) >= 11 is 6.15. The molecule has 2 aromatic carbocycles. The zero-order valence-electron chi connectivity index (χ0n) is 16.5.